The maximum atomic E-state index is 12.3. The number of nitrogens with zero attached hydrogens (tertiary/aromatic N) is 1. The highest BCUT2D eigenvalue weighted by atomic mass is 16.5. The highest BCUT2D eigenvalue weighted by Gasteiger charge is 2.30. The molecule has 0 bridgehead atoms. The third kappa shape index (κ3) is 6.47. The molecule has 0 aliphatic carbocycles. The second-order valence-corrected chi connectivity index (χ2v) is 6.35. The van der Waals surface area contributed by atoms with Gasteiger partial charge in [-0.1, -0.05) is 20.3 Å². The molecule has 1 heterocycles. The van der Waals surface area contributed by atoms with Crippen LogP contribution in [-0.2, 0) is 14.3 Å². The van der Waals surface area contributed by atoms with E-state index in [-0.39, 0.29) is 23.7 Å². The third-order valence-electron chi connectivity index (χ3n) is 4.69. The van der Waals surface area contributed by atoms with Gasteiger partial charge in [-0.25, -0.2) is 0 Å². The quantitative estimate of drug-likeness (QED) is 0.622. The zero-order chi connectivity index (χ0) is 17.2. The maximum Gasteiger partial charge on any atom is 0.239 e. The van der Waals surface area contributed by atoms with Crippen molar-refractivity contribution in [3.05, 3.63) is 0 Å². The van der Waals surface area contributed by atoms with Gasteiger partial charge in [-0.05, 0) is 32.1 Å². The highest BCUT2D eigenvalue weighted by Crippen LogP contribution is 2.19. The van der Waals surface area contributed by atoms with E-state index in [1.807, 2.05) is 25.7 Å². The van der Waals surface area contributed by atoms with Gasteiger partial charge in [0.05, 0.1) is 6.04 Å². The summed E-state index contributed by atoms with van der Waals surface area (Å²) in [5, 5.41) is 2.96. The van der Waals surface area contributed by atoms with Crippen molar-refractivity contribution >= 4 is 11.8 Å². The van der Waals surface area contributed by atoms with Crippen LogP contribution in [0.15, 0.2) is 0 Å². The summed E-state index contributed by atoms with van der Waals surface area (Å²) in [5.41, 5.74) is 6.02. The van der Waals surface area contributed by atoms with E-state index in [2.05, 4.69) is 5.32 Å². The Morgan fingerprint density at radius 3 is 2.52 bits per heavy atom. The van der Waals surface area contributed by atoms with E-state index in [4.69, 9.17) is 10.5 Å². The minimum absolute atomic E-state index is 0.00552. The van der Waals surface area contributed by atoms with Gasteiger partial charge in [-0.3, -0.25) is 9.59 Å². The van der Waals surface area contributed by atoms with Crippen molar-refractivity contribution in [2.45, 2.75) is 52.5 Å². The number of likely N-dealkylation sites (tertiary alicyclic amines) is 1. The van der Waals surface area contributed by atoms with E-state index < -0.39 is 6.04 Å². The maximum absolute atomic E-state index is 12.3. The number of carbonyl (C=O) groups is 2. The van der Waals surface area contributed by atoms with Crippen LogP contribution in [0.25, 0.3) is 0 Å². The minimum atomic E-state index is -0.427. The topological polar surface area (TPSA) is 84.7 Å². The van der Waals surface area contributed by atoms with Crippen molar-refractivity contribution in [1.29, 1.82) is 0 Å². The van der Waals surface area contributed by atoms with Crippen molar-refractivity contribution in [2.24, 2.45) is 17.6 Å². The molecule has 0 spiro atoms. The van der Waals surface area contributed by atoms with Crippen LogP contribution in [0.4, 0.5) is 0 Å². The Balaban J connectivity index is 2.29. The molecule has 0 saturated carbocycles. The Hall–Kier alpha value is -1.14. The first-order valence-electron chi connectivity index (χ1n) is 8.91. The number of ether oxygens (including phenoxy) is 1. The lowest BCUT2D eigenvalue weighted by atomic mass is 9.93. The smallest absolute Gasteiger partial charge is 0.239 e. The summed E-state index contributed by atoms with van der Waals surface area (Å²) >= 11 is 0. The molecule has 1 aliphatic rings. The average Bonchev–Trinajstić information content (AvgIpc) is 2.59. The monoisotopic (exact) mass is 327 g/mol. The van der Waals surface area contributed by atoms with Crippen LogP contribution in [-0.4, -0.2) is 55.6 Å². The van der Waals surface area contributed by atoms with Crippen LogP contribution in [0.1, 0.15) is 46.5 Å². The second kappa shape index (κ2) is 10.6. The van der Waals surface area contributed by atoms with Gasteiger partial charge in [-0.15, -0.1) is 0 Å². The van der Waals surface area contributed by atoms with Crippen molar-refractivity contribution in [3.8, 4) is 0 Å². The second-order valence-electron chi connectivity index (χ2n) is 6.35. The molecule has 0 aromatic rings. The van der Waals surface area contributed by atoms with E-state index in [1.165, 1.54) is 0 Å². The zero-order valence-electron chi connectivity index (χ0n) is 14.8. The fourth-order valence-electron chi connectivity index (χ4n) is 2.74. The molecule has 0 aromatic carbocycles. The molecule has 6 heteroatoms. The summed E-state index contributed by atoms with van der Waals surface area (Å²) in [6.45, 7) is 9.29. The number of carbonyl (C=O) groups excluding carboxylic acids is 2. The van der Waals surface area contributed by atoms with Gasteiger partial charge in [0.15, 0.2) is 0 Å². The third-order valence-corrected chi connectivity index (χ3v) is 4.69. The van der Waals surface area contributed by atoms with Crippen LogP contribution in [0.5, 0.6) is 0 Å². The fraction of sp³-hybridized carbons (Fsp3) is 0.882. The first-order valence-corrected chi connectivity index (χ1v) is 8.91. The molecule has 3 N–H and O–H groups in total. The van der Waals surface area contributed by atoms with Crippen molar-refractivity contribution in [2.75, 3.05) is 32.8 Å². The first-order chi connectivity index (χ1) is 11.0. The lowest BCUT2D eigenvalue weighted by Crippen LogP contribution is -2.50. The number of piperidine rings is 1. The normalized spacial score (nSPS) is 18.5. The van der Waals surface area contributed by atoms with Crippen LogP contribution in [0.2, 0.25) is 0 Å². The molecule has 23 heavy (non-hydrogen) atoms. The Morgan fingerprint density at radius 1 is 1.30 bits per heavy atom. The van der Waals surface area contributed by atoms with E-state index >= 15 is 0 Å². The number of hydrogen-bond acceptors (Lipinski definition) is 4. The summed E-state index contributed by atoms with van der Waals surface area (Å²) in [5.74, 6) is 0.314. The summed E-state index contributed by atoms with van der Waals surface area (Å²) in [6.07, 6.45) is 3.17. The minimum Gasteiger partial charge on any atom is -0.382 e. The van der Waals surface area contributed by atoms with E-state index in [1.54, 1.807) is 0 Å². The molecule has 0 aromatic heterocycles. The van der Waals surface area contributed by atoms with Gasteiger partial charge >= 0.3 is 0 Å². The first kappa shape index (κ1) is 19.9. The van der Waals surface area contributed by atoms with Gasteiger partial charge in [0.25, 0.3) is 0 Å². The molecule has 1 aliphatic heterocycles. The molecule has 6 nitrogen and oxygen atoms in total. The molecule has 2 unspecified atom stereocenters. The molecule has 2 atom stereocenters. The van der Waals surface area contributed by atoms with E-state index in [9.17, 15) is 9.59 Å². The van der Waals surface area contributed by atoms with E-state index in [0.717, 1.165) is 25.7 Å². The molecule has 1 saturated heterocycles. The van der Waals surface area contributed by atoms with E-state index in [0.29, 0.717) is 32.8 Å². The van der Waals surface area contributed by atoms with Gasteiger partial charge in [0, 0.05) is 38.8 Å². The van der Waals surface area contributed by atoms with Gasteiger partial charge < -0.3 is 20.7 Å². The lowest BCUT2D eigenvalue weighted by Gasteiger charge is -2.34. The van der Waals surface area contributed by atoms with Crippen LogP contribution >= 0.6 is 0 Å². The van der Waals surface area contributed by atoms with Crippen molar-refractivity contribution in [3.63, 3.8) is 0 Å². The Kier molecular flexibility index (Phi) is 9.17. The molecular weight excluding hydrogens is 294 g/mol. The molecule has 1 rings (SSSR count). The Morgan fingerprint density at radius 2 is 1.96 bits per heavy atom. The fourth-order valence-corrected chi connectivity index (χ4v) is 2.74. The van der Waals surface area contributed by atoms with Crippen LogP contribution in [0, 0.1) is 11.8 Å². The van der Waals surface area contributed by atoms with Crippen molar-refractivity contribution < 1.29 is 14.3 Å². The van der Waals surface area contributed by atoms with Gasteiger partial charge in [0.2, 0.25) is 11.8 Å². The molecule has 0 radical (unpaired) electrons. The Labute approximate surface area is 140 Å². The lowest BCUT2D eigenvalue weighted by molar-refractivity contribution is -0.137. The van der Waals surface area contributed by atoms with Crippen LogP contribution < -0.4 is 11.1 Å². The number of nitrogens with one attached hydrogen (secondary N) is 1. The van der Waals surface area contributed by atoms with Gasteiger partial charge in [0.1, 0.15) is 0 Å². The molecule has 134 valence electrons. The summed E-state index contributed by atoms with van der Waals surface area (Å²) in [7, 11) is 0. The van der Waals surface area contributed by atoms with Crippen molar-refractivity contribution in [1.82, 2.24) is 10.2 Å². The SMILES string of the molecule is CCOCCCNC(=O)C1CCN(C(=O)C(N)C(C)CC)CC1. The zero-order valence-corrected chi connectivity index (χ0v) is 14.8. The predicted octanol–water partition coefficient (Wildman–Crippen LogP) is 1.14. The largest absolute Gasteiger partial charge is 0.382 e. The van der Waals surface area contributed by atoms with Gasteiger partial charge in [-0.2, -0.15) is 0 Å². The predicted molar refractivity (Wildman–Crippen MR) is 90.9 cm³/mol. The summed E-state index contributed by atoms with van der Waals surface area (Å²) < 4.78 is 5.24. The molecule has 2 amide bonds. The number of amides is 2. The highest BCUT2D eigenvalue weighted by molar-refractivity contribution is 5.83. The Bertz CT molecular complexity index is 368. The molecular formula is C17H33N3O3. The number of nitrogens with two attached hydrogens (primary N) is 1. The number of hydrogen-bond donors (Lipinski definition) is 2. The average molecular weight is 327 g/mol. The summed E-state index contributed by atoms with van der Waals surface area (Å²) in [6, 6.07) is -0.427. The van der Waals surface area contributed by atoms with Crippen LogP contribution in [0.3, 0.4) is 0 Å². The summed E-state index contributed by atoms with van der Waals surface area (Å²) in [4.78, 5) is 26.3. The standard InChI is InChI=1S/C17H33N3O3/c1-4-13(3)15(18)17(22)20-10-7-14(8-11-20)16(21)19-9-6-12-23-5-2/h13-15H,4-12,18H2,1-3H3,(H,19,21). The number of rotatable bonds is 9. The molecule has 1 fully saturated rings.